The molecule has 26 rings (SSSR count). The van der Waals surface area contributed by atoms with E-state index in [0.717, 1.165) is 45.2 Å². The maximum Gasteiger partial charge on any atom is 0.252 e. The molecule has 0 saturated heterocycles. The van der Waals surface area contributed by atoms with Crippen molar-refractivity contribution in [2.75, 3.05) is 9.80 Å². The Balaban J connectivity index is 0.841. The first kappa shape index (κ1) is 58.5. The van der Waals surface area contributed by atoms with Crippen LogP contribution in [0.15, 0.2) is 376 Å². The summed E-state index contributed by atoms with van der Waals surface area (Å²) in [6.07, 6.45) is 0. The molecule has 0 radical (unpaired) electrons. The normalized spacial score (nSPS) is 15.0. The van der Waals surface area contributed by atoms with Crippen molar-refractivity contribution in [2.45, 2.75) is 16.2 Å². The van der Waals surface area contributed by atoms with Gasteiger partial charge in [0.2, 0.25) is 0 Å². The standard InChI is InChI=1S/C105H62BN3/c1-2-27-63(28-3-1)64-53-57-94-91(59-64)106-101-97(61-66(108-92-50-24-13-36-75(92)76-37-14-25-51-93(76)108)62-98(101)109(94)95-52-26-49-88-99(95)77-38-11-22-47-86(77)103(88)79-40-15-4-29-67(79)68-30-5-16-41-80(68)103)107(65-54-55-74-73-35-10-21-46-85(73)105(90(74)60-65)83-44-19-8-33-71(83)72-34-9-20-45-84(72)105)96-58-56-89-100(102(96)106)78-39-12-23-48-87(78)104(89)81-42-17-6-31-69(81)70-32-7-18-43-82(70)104/h1-62H. The SMILES string of the molecule is c1ccc(-c2ccc3c(c2)B2c4c(cc(-n5c6ccccc6c6ccccc65)cc4N3c3cccc4c3-c3ccccc3C43c4ccccc4-c4ccccc43)N(c3ccc4c(c3)C3(c5ccccc5-c5ccccc53)c3ccccc3-4)c3ccc4c(c32)-c2ccccc2C42c3ccccc3-c3ccccc32)cc1. The van der Waals surface area contributed by atoms with E-state index in [0.29, 0.717) is 0 Å². The summed E-state index contributed by atoms with van der Waals surface area (Å²) in [7, 11) is 0. The van der Waals surface area contributed by atoms with E-state index >= 15 is 0 Å². The summed E-state index contributed by atoms with van der Waals surface area (Å²) in [5.74, 6) is 0. The maximum absolute atomic E-state index is 2.74. The van der Waals surface area contributed by atoms with Gasteiger partial charge in [-0.15, -0.1) is 0 Å². The van der Waals surface area contributed by atoms with E-state index in [1.807, 2.05) is 0 Å². The molecule has 0 amide bonds. The fourth-order valence-corrected chi connectivity index (χ4v) is 22.9. The van der Waals surface area contributed by atoms with Crippen LogP contribution in [0, 0.1) is 0 Å². The Bertz CT molecular complexity index is 6960. The van der Waals surface area contributed by atoms with Gasteiger partial charge in [0.05, 0.1) is 38.7 Å². The highest BCUT2D eigenvalue weighted by Crippen LogP contribution is 2.69. The topological polar surface area (TPSA) is 11.4 Å². The molecule has 3 heterocycles. The maximum atomic E-state index is 2.74. The third-order valence-corrected chi connectivity index (χ3v) is 26.6. The molecule has 0 atom stereocenters. The Morgan fingerprint density at radius 2 is 0.587 bits per heavy atom. The molecule has 4 heteroatoms. The van der Waals surface area contributed by atoms with Crippen LogP contribution in [-0.2, 0) is 16.2 Å². The van der Waals surface area contributed by atoms with Crippen molar-refractivity contribution in [1.29, 1.82) is 0 Å². The average molecular weight is 1380 g/mol. The predicted molar refractivity (Wildman–Crippen MR) is 449 cm³/mol. The number of fused-ring (bicyclic) bond motifs is 38. The third-order valence-electron chi connectivity index (χ3n) is 26.6. The highest BCUT2D eigenvalue weighted by Gasteiger charge is 2.58. The van der Waals surface area contributed by atoms with Crippen molar-refractivity contribution < 1.29 is 0 Å². The second-order valence-electron chi connectivity index (χ2n) is 31.0. The molecule has 109 heavy (non-hydrogen) atoms. The van der Waals surface area contributed by atoms with Gasteiger partial charge in [-0.05, 0) is 210 Å². The quantitative estimate of drug-likeness (QED) is 0.163. The van der Waals surface area contributed by atoms with Crippen LogP contribution in [0.4, 0.5) is 34.1 Å². The average Bonchev–Trinajstić information content (AvgIpc) is 1.51. The molecule has 3 nitrogen and oxygen atoms in total. The lowest BCUT2D eigenvalue weighted by Crippen LogP contribution is -2.62. The van der Waals surface area contributed by atoms with Crippen LogP contribution in [-0.4, -0.2) is 11.3 Å². The van der Waals surface area contributed by atoms with E-state index in [4.69, 9.17) is 0 Å². The van der Waals surface area contributed by atoms with E-state index in [2.05, 4.69) is 390 Å². The first-order valence-corrected chi connectivity index (χ1v) is 38.4. The minimum absolute atomic E-state index is 0.300. The van der Waals surface area contributed by atoms with Gasteiger partial charge < -0.3 is 14.4 Å². The van der Waals surface area contributed by atoms with Gasteiger partial charge in [0.1, 0.15) is 0 Å². The van der Waals surface area contributed by atoms with Crippen LogP contribution >= 0.6 is 0 Å². The van der Waals surface area contributed by atoms with Crippen LogP contribution in [0.5, 0.6) is 0 Å². The van der Waals surface area contributed by atoms with Crippen molar-refractivity contribution >= 4 is 79.0 Å². The molecule has 2 aliphatic heterocycles. The molecule has 500 valence electrons. The molecule has 0 saturated carbocycles. The van der Waals surface area contributed by atoms with Gasteiger partial charge in [-0.25, -0.2) is 0 Å². The number of hydrogen-bond acceptors (Lipinski definition) is 2. The molecule has 0 fully saturated rings. The van der Waals surface area contributed by atoms with Gasteiger partial charge in [0.25, 0.3) is 6.71 Å². The van der Waals surface area contributed by atoms with Crippen LogP contribution in [0.25, 0.3) is 105 Å². The number of hydrogen-bond donors (Lipinski definition) is 0. The summed E-state index contributed by atoms with van der Waals surface area (Å²) in [6, 6.07) is 146. The monoisotopic (exact) mass is 1380 g/mol. The number of para-hydroxylation sites is 2. The van der Waals surface area contributed by atoms with Crippen LogP contribution in [0.1, 0.15) is 66.8 Å². The minimum atomic E-state index is -0.613. The lowest BCUT2D eigenvalue weighted by molar-refractivity contribution is 0.793. The highest BCUT2D eigenvalue weighted by atomic mass is 15.2. The van der Waals surface area contributed by atoms with E-state index in [1.165, 1.54) is 177 Å². The van der Waals surface area contributed by atoms with Gasteiger partial charge in [-0.1, -0.05) is 322 Å². The summed E-state index contributed by atoms with van der Waals surface area (Å²) < 4.78 is 2.57. The Kier molecular flexibility index (Phi) is 11.2. The smallest absolute Gasteiger partial charge is 0.252 e. The first-order chi connectivity index (χ1) is 54.1. The summed E-state index contributed by atoms with van der Waals surface area (Å²) in [5, 5.41) is 2.44. The summed E-state index contributed by atoms with van der Waals surface area (Å²) in [6.45, 7) is -0.300. The van der Waals surface area contributed by atoms with Gasteiger partial charge in [0.15, 0.2) is 0 Å². The largest absolute Gasteiger partial charge is 0.311 e. The van der Waals surface area contributed by atoms with Crippen molar-refractivity contribution in [3.8, 4) is 83.6 Å². The molecule has 6 aliphatic carbocycles. The van der Waals surface area contributed by atoms with Crippen LogP contribution in [0.2, 0.25) is 0 Å². The van der Waals surface area contributed by atoms with Gasteiger partial charge in [-0.3, -0.25) is 0 Å². The summed E-state index contributed by atoms with van der Waals surface area (Å²) in [5.41, 5.74) is 45.9. The molecule has 18 aromatic rings. The zero-order valence-electron chi connectivity index (χ0n) is 59.2. The zero-order chi connectivity index (χ0) is 70.7. The van der Waals surface area contributed by atoms with Gasteiger partial charge >= 0.3 is 0 Å². The molecule has 0 unspecified atom stereocenters. The molecule has 8 aliphatic rings. The molecule has 17 aromatic carbocycles. The number of aromatic nitrogens is 1. The lowest BCUT2D eigenvalue weighted by Gasteiger charge is -2.46. The lowest BCUT2D eigenvalue weighted by atomic mass is 9.32. The van der Waals surface area contributed by atoms with Crippen LogP contribution < -0.4 is 26.2 Å². The molecule has 0 N–H and O–H groups in total. The second kappa shape index (κ2) is 20.8. The molecule has 1 aromatic heterocycles. The highest BCUT2D eigenvalue weighted by molar-refractivity contribution is 7.01. The predicted octanol–water partition coefficient (Wildman–Crippen LogP) is 23.6. The zero-order valence-corrected chi connectivity index (χ0v) is 59.2. The number of nitrogens with zero attached hydrogens (tertiary/aromatic N) is 3. The fraction of sp³-hybridized carbons (Fsp3) is 0.0286. The second-order valence-corrected chi connectivity index (χ2v) is 31.0. The Morgan fingerprint density at radius 3 is 1.09 bits per heavy atom. The Labute approximate surface area is 631 Å². The third kappa shape index (κ3) is 6.92. The summed E-state index contributed by atoms with van der Waals surface area (Å²) >= 11 is 0. The minimum Gasteiger partial charge on any atom is -0.311 e. The fourth-order valence-electron chi connectivity index (χ4n) is 22.9. The van der Waals surface area contributed by atoms with Crippen molar-refractivity contribution in [3.63, 3.8) is 0 Å². The van der Waals surface area contributed by atoms with Gasteiger partial charge in [-0.2, -0.15) is 0 Å². The Hall–Kier alpha value is -13.8. The summed E-state index contributed by atoms with van der Waals surface area (Å²) in [4.78, 5) is 5.48. The van der Waals surface area contributed by atoms with Crippen LogP contribution in [0.3, 0.4) is 0 Å². The molecule has 0 bridgehead atoms. The van der Waals surface area contributed by atoms with Gasteiger partial charge in [0, 0.05) is 44.8 Å². The van der Waals surface area contributed by atoms with E-state index in [-0.39, 0.29) is 6.71 Å². The van der Waals surface area contributed by atoms with Crippen molar-refractivity contribution in [2.24, 2.45) is 0 Å². The molecular weight excluding hydrogens is 1310 g/mol. The Morgan fingerprint density at radius 1 is 0.202 bits per heavy atom. The van der Waals surface area contributed by atoms with E-state index in [9.17, 15) is 0 Å². The number of rotatable bonds is 4. The number of anilines is 6. The van der Waals surface area contributed by atoms with Crippen molar-refractivity contribution in [1.82, 2.24) is 4.57 Å². The first-order valence-electron chi connectivity index (χ1n) is 38.4. The van der Waals surface area contributed by atoms with Crippen molar-refractivity contribution in [3.05, 3.63) is 443 Å². The van der Waals surface area contributed by atoms with E-state index in [1.54, 1.807) is 0 Å². The van der Waals surface area contributed by atoms with E-state index < -0.39 is 16.2 Å². The molecular formula is C105H62BN3. The molecule has 3 spiro atoms. The number of benzene rings is 17.